The van der Waals surface area contributed by atoms with E-state index in [1.807, 2.05) is 19.1 Å². The van der Waals surface area contributed by atoms with Crippen LogP contribution in [0.15, 0.2) is 42.6 Å². The average Bonchev–Trinajstić information content (AvgIpc) is 2.67. The Morgan fingerprint density at radius 3 is 2.56 bits per heavy atom. The summed E-state index contributed by atoms with van der Waals surface area (Å²) in [6.07, 6.45) is 1.77. The Balaban J connectivity index is 2.23. The molecule has 3 aromatic rings. The van der Waals surface area contributed by atoms with Crippen LogP contribution < -0.4 is 5.46 Å². The fourth-order valence-electron chi connectivity index (χ4n) is 2.07. The molecule has 3 rings (SSSR count). The number of halogens is 1. The van der Waals surface area contributed by atoms with Crippen molar-refractivity contribution >= 4 is 18.8 Å². The largest absolute Gasteiger partial charge is 0.241 e. The van der Waals surface area contributed by atoms with Crippen LogP contribution in [0.25, 0.3) is 16.8 Å². The van der Waals surface area contributed by atoms with Crippen molar-refractivity contribution in [1.82, 2.24) is 9.61 Å². The summed E-state index contributed by atoms with van der Waals surface area (Å²) in [5, 5.41) is 4.49. The van der Waals surface area contributed by atoms with E-state index in [4.69, 9.17) is 7.85 Å². The van der Waals surface area contributed by atoms with Crippen LogP contribution in [0.4, 0.5) is 4.39 Å². The normalized spacial score (nSPS) is 11.0. The lowest BCUT2D eigenvalue weighted by Gasteiger charge is -1.97. The third-order valence-corrected chi connectivity index (χ3v) is 3.02. The molecule has 4 heteroatoms. The van der Waals surface area contributed by atoms with E-state index in [0.717, 1.165) is 22.3 Å². The van der Waals surface area contributed by atoms with Gasteiger partial charge in [0.15, 0.2) is 0 Å². The van der Waals surface area contributed by atoms with Gasteiger partial charge in [0.1, 0.15) is 13.7 Å². The van der Waals surface area contributed by atoms with Gasteiger partial charge in [0, 0.05) is 17.3 Å². The predicted octanol–water partition coefficient (Wildman–Crippen LogP) is 2.24. The first-order chi connectivity index (χ1) is 8.65. The van der Waals surface area contributed by atoms with E-state index < -0.39 is 0 Å². The van der Waals surface area contributed by atoms with Crippen LogP contribution in [0.2, 0.25) is 0 Å². The lowest BCUT2D eigenvalue weighted by molar-refractivity contribution is 0.628. The van der Waals surface area contributed by atoms with Crippen molar-refractivity contribution in [3.05, 3.63) is 54.0 Å². The van der Waals surface area contributed by atoms with E-state index in [2.05, 4.69) is 5.10 Å². The Labute approximate surface area is 105 Å². The Morgan fingerprint density at radius 1 is 1.11 bits per heavy atom. The van der Waals surface area contributed by atoms with Crippen molar-refractivity contribution in [3.63, 3.8) is 0 Å². The van der Waals surface area contributed by atoms with Gasteiger partial charge in [0.2, 0.25) is 0 Å². The molecule has 0 unspecified atom stereocenters. The van der Waals surface area contributed by atoms with Crippen LogP contribution in [0, 0.1) is 12.7 Å². The third kappa shape index (κ3) is 1.70. The van der Waals surface area contributed by atoms with E-state index >= 15 is 0 Å². The molecule has 0 N–H and O–H groups in total. The molecular formula is C14H10BFN2. The molecule has 0 fully saturated rings. The van der Waals surface area contributed by atoms with Crippen molar-refractivity contribution in [2.75, 3.05) is 0 Å². The standard InChI is InChI=1S/C14H10BFN2/c1-9-13-7-4-11(15)8-18(13)17-14(9)10-2-5-12(16)6-3-10/h2-8H,1H3. The van der Waals surface area contributed by atoms with E-state index in [1.54, 1.807) is 22.8 Å². The van der Waals surface area contributed by atoms with Crippen LogP contribution in [0.1, 0.15) is 5.56 Å². The van der Waals surface area contributed by atoms with Gasteiger partial charge in [-0.1, -0.05) is 11.5 Å². The van der Waals surface area contributed by atoms with Gasteiger partial charge in [-0.2, -0.15) is 5.10 Å². The summed E-state index contributed by atoms with van der Waals surface area (Å²) in [5.74, 6) is -0.246. The van der Waals surface area contributed by atoms with Gasteiger partial charge < -0.3 is 0 Å². The van der Waals surface area contributed by atoms with Gasteiger partial charge in [-0.05, 0) is 37.3 Å². The second-order valence-electron chi connectivity index (χ2n) is 4.27. The number of pyridine rings is 1. The minimum Gasteiger partial charge on any atom is -0.241 e. The maximum atomic E-state index is 12.9. The summed E-state index contributed by atoms with van der Waals surface area (Å²) in [6, 6.07) is 10.1. The van der Waals surface area contributed by atoms with Gasteiger partial charge in [-0.25, -0.2) is 8.91 Å². The first-order valence-electron chi connectivity index (χ1n) is 5.65. The quantitative estimate of drug-likeness (QED) is 0.592. The molecular weight excluding hydrogens is 226 g/mol. The molecule has 0 amide bonds. The number of hydrogen-bond acceptors (Lipinski definition) is 1. The molecule has 0 bridgehead atoms. The minimum absolute atomic E-state index is 0.246. The maximum Gasteiger partial charge on any atom is 0.123 e. The molecule has 0 saturated carbocycles. The second kappa shape index (κ2) is 3.98. The molecule has 0 atom stereocenters. The minimum atomic E-state index is -0.246. The summed E-state index contributed by atoms with van der Waals surface area (Å²) in [4.78, 5) is 0. The molecule has 0 aliphatic rings. The number of benzene rings is 1. The predicted molar refractivity (Wildman–Crippen MR) is 70.7 cm³/mol. The Morgan fingerprint density at radius 2 is 1.83 bits per heavy atom. The number of nitrogens with zero attached hydrogens (tertiary/aromatic N) is 2. The first-order valence-corrected chi connectivity index (χ1v) is 5.65. The maximum absolute atomic E-state index is 12.9. The highest BCUT2D eigenvalue weighted by Gasteiger charge is 2.10. The van der Waals surface area contributed by atoms with Crippen molar-refractivity contribution in [2.45, 2.75) is 6.92 Å². The second-order valence-corrected chi connectivity index (χ2v) is 4.27. The van der Waals surface area contributed by atoms with Gasteiger partial charge in [0.05, 0.1) is 11.2 Å². The van der Waals surface area contributed by atoms with Gasteiger partial charge in [-0.15, -0.1) is 0 Å². The molecule has 2 heterocycles. The highest BCUT2D eigenvalue weighted by molar-refractivity contribution is 6.32. The highest BCUT2D eigenvalue weighted by atomic mass is 19.1. The van der Waals surface area contributed by atoms with E-state index in [0.29, 0.717) is 5.46 Å². The molecule has 2 aromatic heterocycles. The summed E-state index contributed by atoms with van der Waals surface area (Å²) >= 11 is 0. The molecule has 0 aliphatic heterocycles. The summed E-state index contributed by atoms with van der Waals surface area (Å²) in [5.41, 5.74) is 4.47. The smallest absolute Gasteiger partial charge is 0.123 e. The Bertz CT molecular complexity index is 716. The topological polar surface area (TPSA) is 17.3 Å². The average molecular weight is 236 g/mol. The zero-order valence-corrected chi connectivity index (χ0v) is 9.89. The van der Waals surface area contributed by atoms with Crippen molar-refractivity contribution in [1.29, 1.82) is 0 Å². The number of rotatable bonds is 1. The van der Waals surface area contributed by atoms with Crippen molar-refractivity contribution in [3.8, 4) is 11.3 Å². The number of hydrogen-bond donors (Lipinski definition) is 0. The van der Waals surface area contributed by atoms with Gasteiger partial charge in [0.25, 0.3) is 0 Å². The summed E-state index contributed by atoms with van der Waals surface area (Å²) < 4.78 is 14.7. The molecule has 86 valence electrons. The van der Waals surface area contributed by atoms with Crippen molar-refractivity contribution < 1.29 is 4.39 Å². The van der Waals surface area contributed by atoms with Crippen LogP contribution in [0.3, 0.4) is 0 Å². The van der Waals surface area contributed by atoms with E-state index in [9.17, 15) is 4.39 Å². The van der Waals surface area contributed by atoms with Crippen molar-refractivity contribution in [2.24, 2.45) is 0 Å². The number of fused-ring (bicyclic) bond motifs is 1. The fraction of sp³-hybridized carbons (Fsp3) is 0.0714. The Kier molecular flexibility index (Phi) is 2.44. The monoisotopic (exact) mass is 236 g/mol. The molecule has 2 nitrogen and oxygen atoms in total. The summed E-state index contributed by atoms with van der Waals surface area (Å²) in [6.45, 7) is 2.00. The van der Waals surface area contributed by atoms with Crippen LogP contribution >= 0.6 is 0 Å². The van der Waals surface area contributed by atoms with Crippen LogP contribution in [-0.2, 0) is 0 Å². The van der Waals surface area contributed by atoms with Gasteiger partial charge in [-0.3, -0.25) is 0 Å². The molecule has 0 spiro atoms. The van der Waals surface area contributed by atoms with Crippen LogP contribution in [0.5, 0.6) is 0 Å². The third-order valence-electron chi connectivity index (χ3n) is 3.02. The SMILES string of the molecule is [B]c1ccc2c(C)c(-c3ccc(F)cc3)nn2c1. The zero-order valence-electron chi connectivity index (χ0n) is 9.89. The number of aromatic nitrogens is 2. The molecule has 1 aromatic carbocycles. The fourth-order valence-corrected chi connectivity index (χ4v) is 2.07. The molecule has 2 radical (unpaired) electrons. The molecule has 0 saturated heterocycles. The molecule has 0 aliphatic carbocycles. The summed E-state index contributed by atoms with van der Waals surface area (Å²) in [7, 11) is 5.73. The Hall–Kier alpha value is -2.10. The lowest BCUT2D eigenvalue weighted by Crippen LogP contribution is -2.04. The zero-order chi connectivity index (χ0) is 12.7. The van der Waals surface area contributed by atoms with E-state index in [-0.39, 0.29) is 5.82 Å². The highest BCUT2D eigenvalue weighted by Crippen LogP contribution is 2.24. The lowest BCUT2D eigenvalue weighted by atomic mass is 9.98. The molecule has 18 heavy (non-hydrogen) atoms. The van der Waals surface area contributed by atoms with Gasteiger partial charge >= 0.3 is 0 Å². The van der Waals surface area contributed by atoms with Crippen LogP contribution in [-0.4, -0.2) is 17.5 Å². The number of aryl methyl sites for hydroxylation is 1. The first kappa shape index (κ1) is 11.0. The van der Waals surface area contributed by atoms with E-state index in [1.165, 1.54) is 12.1 Å².